The van der Waals surface area contributed by atoms with E-state index in [0.29, 0.717) is 25.1 Å². The number of nitrogens with zero attached hydrogens (tertiary/aromatic N) is 3. The second-order valence-electron chi connectivity index (χ2n) is 7.08. The van der Waals surface area contributed by atoms with Crippen molar-refractivity contribution in [2.45, 2.75) is 33.1 Å². The molecule has 0 spiro atoms. The van der Waals surface area contributed by atoms with Gasteiger partial charge in [0.15, 0.2) is 0 Å². The Kier molecular flexibility index (Phi) is 9.34. The summed E-state index contributed by atoms with van der Waals surface area (Å²) in [7, 11) is 1.64. The van der Waals surface area contributed by atoms with Gasteiger partial charge < -0.3 is 19.3 Å². The number of aromatic nitrogens is 2. The van der Waals surface area contributed by atoms with E-state index in [-0.39, 0.29) is 23.0 Å². The van der Waals surface area contributed by atoms with Gasteiger partial charge in [0.1, 0.15) is 5.75 Å². The van der Waals surface area contributed by atoms with Crippen molar-refractivity contribution >= 4 is 17.2 Å². The average Bonchev–Trinajstić information content (AvgIpc) is 3.24. The molecule has 33 heavy (non-hydrogen) atoms. The first-order valence-corrected chi connectivity index (χ1v) is 9.93. The zero-order chi connectivity index (χ0) is 24.4. The highest BCUT2D eigenvalue weighted by atomic mass is 19.4. The Morgan fingerprint density at radius 3 is 2.61 bits per heavy atom. The zero-order valence-electron chi connectivity index (χ0n) is 18.5. The Morgan fingerprint density at radius 1 is 1.27 bits per heavy atom. The first kappa shape index (κ1) is 25.8. The highest BCUT2D eigenvalue weighted by Crippen LogP contribution is 2.26. The SMILES string of the molecule is C=C(C(=O)N/C=C(\C)CC(C)=NCCCOC)c1nc(-c2ccc(OC(F)(F)F)cc2)no1. The highest BCUT2D eigenvalue weighted by molar-refractivity contribution is 6.17. The van der Waals surface area contributed by atoms with Crippen LogP contribution in [0.5, 0.6) is 5.75 Å². The summed E-state index contributed by atoms with van der Waals surface area (Å²) in [5.74, 6) is -0.936. The van der Waals surface area contributed by atoms with Crippen LogP contribution < -0.4 is 10.1 Å². The van der Waals surface area contributed by atoms with Gasteiger partial charge in [-0.1, -0.05) is 17.3 Å². The number of carbonyl (C=O) groups excluding carboxylic acids is 1. The molecule has 0 aliphatic carbocycles. The van der Waals surface area contributed by atoms with Crippen LogP contribution in [0.4, 0.5) is 13.2 Å². The lowest BCUT2D eigenvalue weighted by atomic mass is 10.1. The Bertz CT molecular complexity index is 1010. The van der Waals surface area contributed by atoms with Crippen molar-refractivity contribution in [2.24, 2.45) is 4.99 Å². The van der Waals surface area contributed by atoms with E-state index in [1.165, 1.54) is 12.1 Å². The third-order valence-electron chi connectivity index (χ3n) is 4.18. The first-order chi connectivity index (χ1) is 15.6. The van der Waals surface area contributed by atoms with E-state index in [2.05, 4.69) is 31.8 Å². The number of amides is 1. The number of hydrogen-bond donors (Lipinski definition) is 1. The maximum atomic E-state index is 12.4. The van der Waals surface area contributed by atoms with Crippen molar-refractivity contribution in [1.29, 1.82) is 0 Å². The summed E-state index contributed by atoms with van der Waals surface area (Å²) in [4.78, 5) is 20.9. The van der Waals surface area contributed by atoms with E-state index in [9.17, 15) is 18.0 Å². The van der Waals surface area contributed by atoms with E-state index in [0.717, 1.165) is 29.8 Å². The molecule has 0 bridgehead atoms. The van der Waals surface area contributed by atoms with Gasteiger partial charge in [-0.15, -0.1) is 13.2 Å². The third kappa shape index (κ3) is 8.89. The van der Waals surface area contributed by atoms with Gasteiger partial charge in [0.25, 0.3) is 11.8 Å². The second-order valence-corrected chi connectivity index (χ2v) is 7.08. The van der Waals surface area contributed by atoms with Crippen molar-refractivity contribution < 1.29 is 32.0 Å². The minimum absolute atomic E-state index is 0.0558. The molecule has 178 valence electrons. The smallest absolute Gasteiger partial charge is 0.406 e. The predicted octanol–water partition coefficient (Wildman–Crippen LogP) is 4.56. The molecule has 0 aliphatic rings. The van der Waals surface area contributed by atoms with Crippen LogP contribution in [-0.4, -0.2) is 48.4 Å². The summed E-state index contributed by atoms with van der Waals surface area (Å²) in [5, 5.41) is 6.35. The van der Waals surface area contributed by atoms with Gasteiger partial charge in [0, 0.05) is 44.2 Å². The fraction of sp³-hybridized carbons (Fsp3) is 0.364. The van der Waals surface area contributed by atoms with Gasteiger partial charge in [0.05, 0.1) is 5.57 Å². The number of halogens is 3. The molecule has 1 amide bonds. The lowest BCUT2D eigenvalue weighted by molar-refractivity contribution is -0.274. The second kappa shape index (κ2) is 12.0. The molecule has 11 heteroatoms. The van der Waals surface area contributed by atoms with Crippen LogP contribution in [-0.2, 0) is 9.53 Å². The van der Waals surface area contributed by atoms with E-state index in [4.69, 9.17) is 9.26 Å². The van der Waals surface area contributed by atoms with E-state index in [1.807, 2.05) is 13.8 Å². The standard InChI is InChI=1S/C22H25F3N4O4/c1-14(12-15(2)26-10-5-11-31-4)13-27-20(30)16(3)21-28-19(29-33-21)17-6-8-18(9-7-17)32-22(23,24)25/h6-9,13H,3,5,10-12H2,1-2,4H3,(H,27,30)/b14-13+,26-15?. The van der Waals surface area contributed by atoms with Crippen molar-refractivity contribution in [1.82, 2.24) is 15.5 Å². The molecule has 0 radical (unpaired) electrons. The fourth-order valence-electron chi connectivity index (χ4n) is 2.63. The maximum absolute atomic E-state index is 12.4. The normalized spacial score (nSPS) is 12.5. The molecular weight excluding hydrogens is 441 g/mol. The van der Waals surface area contributed by atoms with Crippen LogP contribution in [0, 0.1) is 0 Å². The summed E-state index contributed by atoms with van der Waals surface area (Å²) in [6.45, 7) is 8.76. The van der Waals surface area contributed by atoms with E-state index < -0.39 is 12.3 Å². The Balaban J connectivity index is 1.93. The molecule has 0 saturated carbocycles. The topological polar surface area (TPSA) is 98.8 Å². The molecule has 0 saturated heterocycles. The average molecular weight is 466 g/mol. The molecule has 2 aromatic rings. The molecule has 0 unspecified atom stereocenters. The number of ether oxygens (including phenoxy) is 2. The van der Waals surface area contributed by atoms with Crippen molar-refractivity contribution in [2.75, 3.05) is 20.3 Å². The van der Waals surface area contributed by atoms with E-state index in [1.54, 1.807) is 13.3 Å². The number of allylic oxidation sites excluding steroid dienone is 1. The Labute approximate surface area is 189 Å². The van der Waals surface area contributed by atoms with E-state index >= 15 is 0 Å². The molecule has 1 aromatic carbocycles. The van der Waals surface area contributed by atoms with Crippen molar-refractivity contribution in [3.8, 4) is 17.1 Å². The van der Waals surface area contributed by atoms with Gasteiger partial charge in [-0.05, 0) is 44.5 Å². The largest absolute Gasteiger partial charge is 0.573 e. The Morgan fingerprint density at radius 2 is 1.97 bits per heavy atom. The number of carbonyl (C=O) groups is 1. The van der Waals surface area contributed by atoms with Crippen LogP contribution in [0.1, 0.15) is 32.6 Å². The molecule has 1 aromatic heterocycles. The molecule has 0 aliphatic heterocycles. The van der Waals surface area contributed by atoms with Gasteiger partial charge in [-0.25, -0.2) is 0 Å². The minimum Gasteiger partial charge on any atom is -0.406 e. The summed E-state index contributed by atoms with van der Waals surface area (Å²) in [6, 6.07) is 4.92. The molecule has 8 nitrogen and oxygen atoms in total. The maximum Gasteiger partial charge on any atom is 0.573 e. The number of benzene rings is 1. The van der Waals surface area contributed by atoms with Gasteiger partial charge in [0.2, 0.25) is 5.82 Å². The third-order valence-corrected chi connectivity index (χ3v) is 4.18. The summed E-state index contributed by atoms with van der Waals surface area (Å²) in [5.41, 5.74) is 2.14. The van der Waals surface area contributed by atoms with Gasteiger partial charge in [-0.3, -0.25) is 9.79 Å². The summed E-state index contributed by atoms with van der Waals surface area (Å²) in [6.07, 6.45) is -1.80. The summed E-state index contributed by atoms with van der Waals surface area (Å²) < 4.78 is 50.6. The van der Waals surface area contributed by atoms with Crippen LogP contribution in [0.2, 0.25) is 0 Å². The molecule has 0 fully saturated rings. The quantitative estimate of drug-likeness (QED) is 0.296. The van der Waals surface area contributed by atoms with Crippen molar-refractivity contribution in [3.05, 3.63) is 48.5 Å². The Hall–Kier alpha value is -3.47. The molecule has 1 heterocycles. The first-order valence-electron chi connectivity index (χ1n) is 9.93. The van der Waals surface area contributed by atoms with Gasteiger partial charge in [-0.2, -0.15) is 4.98 Å². The van der Waals surface area contributed by atoms with Crippen LogP contribution >= 0.6 is 0 Å². The lowest BCUT2D eigenvalue weighted by Gasteiger charge is -2.08. The molecule has 0 atom stereocenters. The number of methoxy groups -OCH3 is 1. The molecule has 2 rings (SSSR count). The number of rotatable bonds is 11. The summed E-state index contributed by atoms with van der Waals surface area (Å²) >= 11 is 0. The number of nitrogens with one attached hydrogen (secondary N) is 1. The van der Waals surface area contributed by atoms with Gasteiger partial charge >= 0.3 is 6.36 Å². The van der Waals surface area contributed by atoms with Crippen LogP contribution in [0.25, 0.3) is 17.0 Å². The predicted molar refractivity (Wildman–Crippen MR) is 116 cm³/mol. The van der Waals surface area contributed by atoms with Crippen LogP contribution in [0.15, 0.2) is 52.1 Å². The monoisotopic (exact) mass is 466 g/mol. The number of alkyl halides is 3. The molecular formula is C22H25F3N4O4. The van der Waals surface area contributed by atoms with Crippen molar-refractivity contribution in [3.63, 3.8) is 0 Å². The number of hydrogen-bond acceptors (Lipinski definition) is 7. The number of aliphatic imine (C=N–C) groups is 1. The minimum atomic E-state index is -4.78. The fourth-order valence-corrected chi connectivity index (χ4v) is 2.63. The van der Waals surface area contributed by atoms with Crippen LogP contribution in [0.3, 0.4) is 0 Å². The molecule has 1 N–H and O–H groups in total. The lowest BCUT2D eigenvalue weighted by Crippen LogP contribution is -2.19. The zero-order valence-corrected chi connectivity index (χ0v) is 18.5. The highest BCUT2D eigenvalue weighted by Gasteiger charge is 2.31.